The van der Waals surface area contributed by atoms with E-state index in [-0.39, 0.29) is 30.1 Å². The van der Waals surface area contributed by atoms with Crippen LogP contribution in [-0.2, 0) is 11.3 Å². The first-order chi connectivity index (χ1) is 11.7. The normalized spacial score (nSPS) is 23.7. The van der Waals surface area contributed by atoms with Crippen LogP contribution in [0.4, 0.5) is 0 Å². The van der Waals surface area contributed by atoms with Crippen LogP contribution < -0.4 is 10.6 Å². The van der Waals surface area contributed by atoms with Gasteiger partial charge in [0.25, 0.3) is 0 Å². The Morgan fingerprint density at radius 2 is 2.16 bits per heavy atom. The quantitative estimate of drug-likeness (QED) is 0.414. The van der Waals surface area contributed by atoms with E-state index in [1.807, 2.05) is 7.05 Å². The molecule has 0 spiro atoms. The number of ether oxygens (including phenoxy) is 1. The highest BCUT2D eigenvalue weighted by molar-refractivity contribution is 14.0. The van der Waals surface area contributed by atoms with E-state index in [1.165, 1.54) is 36.1 Å². The summed E-state index contributed by atoms with van der Waals surface area (Å²) in [4.78, 5) is 6.90. The number of guanidine groups is 1. The molecule has 2 heterocycles. The van der Waals surface area contributed by atoms with Gasteiger partial charge in [-0.1, -0.05) is 23.8 Å². The van der Waals surface area contributed by atoms with Crippen molar-refractivity contribution in [1.29, 1.82) is 0 Å². The maximum Gasteiger partial charge on any atom is 0.191 e. The predicted molar refractivity (Wildman–Crippen MR) is 114 cm³/mol. The Labute approximate surface area is 168 Å². The van der Waals surface area contributed by atoms with Gasteiger partial charge in [-0.3, -0.25) is 9.89 Å². The molecule has 140 valence electrons. The predicted octanol–water partition coefficient (Wildman–Crippen LogP) is 2.45. The summed E-state index contributed by atoms with van der Waals surface area (Å²) in [6, 6.07) is 7.21. The van der Waals surface area contributed by atoms with Crippen molar-refractivity contribution in [3.63, 3.8) is 0 Å². The Bertz CT molecular complexity index is 593. The highest BCUT2D eigenvalue weighted by atomic mass is 127. The van der Waals surface area contributed by atoms with E-state index in [1.54, 1.807) is 0 Å². The Morgan fingerprint density at radius 1 is 1.32 bits per heavy atom. The fraction of sp³-hybridized carbons (Fsp3) is 0.632. The van der Waals surface area contributed by atoms with Gasteiger partial charge in [0.15, 0.2) is 5.96 Å². The van der Waals surface area contributed by atoms with Crippen LogP contribution in [-0.4, -0.2) is 56.3 Å². The molecule has 2 aliphatic rings. The summed E-state index contributed by atoms with van der Waals surface area (Å²) in [5.74, 6) is 0.835. The van der Waals surface area contributed by atoms with Crippen molar-refractivity contribution >= 4 is 29.9 Å². The van der Waals surface area contributed by atoms with Crippen LogP contribution >= 0.6 is 24.0 Å². The number of benzene rings is 1. The zero-order chi connectivity index (χ0) is 16.9. The minimum atomic E-state index is 0. The third kappa shape index (κ3) is 5.56. The fourth-order valence-electron chi connectivity index (χ4n) is 3.66. The number of nitrogens with zero attached hydrogens (tertiary/aromatic N) is 2. The molecular formula is C19H31IN4O. The lowest BCUT2D eigenvalue weighted by atomic mass is 10.1. The summed E-state index contributed by atoms with van der Waals surface area (Å²) in [7, 11) is 1.82. The smallest absolute Gasteiger partial charge is 0.191 e. The molecule has 2 unspecified atom stereocenters. The lowest BCUT2D eigenvalue weighted by Crippen LogP contribution is -2.51. The van der Waals surface area contributed by atoms with Crippen molar-refractivity contribution in [2.45, 2.75) is 45.4 Å². The number of aryl methyl sites for hydroxylation is 2. The van der Waals surface area contributed by atoms with Crippen molar-refractivity contribution in [3.8, 4) is 0 Å². The summed E-state index contributed by atoms with van der Waals surface area (Å²) < 4.78 is 5.99. The second kappa shape index (κ2) is 9.73. The summed E-state index contributed by atoms with van der Waals surface area (Å²) in [6.45, 7) is 9.00. The van der Waals surface area contributed by atoms with E-state index in [9.17, 15) is 0 Å². The topological polar surface area (TPSA) is 48.9 Å². The largest absolute Gasteiger partial charge is 0.373 e. The Balaban J connectivity index is 0.00000225. The van der Waals surface area contributed by atoms with Gasteiger partial charge >= 0.3 is 0 Å². The summed E-state index contributed by atoms with van der Waals surface area (Å²) in [5, 5.41) is 6.81. The number of rotatable bonds is 4. The molecule has 0 bridgehead atoms. The molecule has 1 aromatic rings. The molecule has 2 fully saturated rings. The van der Waals surface area contributed by atoms with Gasteiger partial charge < -0.3 is 15.4 Å². The molecule has 6 heteroatoms. The molecule has 0 radical (unpaired) electrons. The Kier molecular flexibility index (Phi) is 7.96. The van der Waals surface area contributed by atoms with Gasteiger partial charge in [0, 0.05) is 32.7 Å². The number of aliphatic imine (C=N–C) groups is 1. The minimum absolute atomic E-state index is 0. The second-order valence-corrected chi connectivity index (χ2v) is 6.98. The Hall–Kier alpha value is -0.860. The average molecular weight is 458 g/mol. The molecular weight excluding hydrogens is 427 g/mol. The minimum Gasteiger partial charge on any atom is -0.373 e. The van der Waals surface area contributed by atoms with Crippen LogP contribution in [0.1, 0.15) is 29.5 Å². The van der Waals surface area contributed by atoms with Crippen molar-refractivity contribution in [2.75, 3.05) is 33.3 Å². The molecule has 0 aromatic heterocycles. The molecule has 1 aromatic carbocycles. The number of halogens is 1. The van der Waals surface area contributed by atoms with Gasteiger partial charge in [-0.2, -0.15) is 0 Å². The lowest BCUT2D eigenvalue weighted by Gasteiger charge is -2.35. The highest BCUT2D eigenvalue weighted by Crippen LogP contribution is 2.22. The number of nitrogens with one attached hydrogen (secondary N) is 2. The first kappa shape index (κ1) is 20.5. The molecule has 2 saturated heterocycles. The van der Waals surface area contributed by atoms with Gasteiger partial charge in [-0.05, 0) is 44.4 Å². The standard InChI is InChI=1S/C19H30N4O.HI/c1-14-6-7-16(15(2)9-14)10-21-19(20-3)22-11-18-12-23-8-4-5-17(23)13-24-18;/h6-7,9,17-18H,4-5,8,10-13H2,1-3H3,(H2,20,21,22);1H. The van der Waals surface area contributed by atoms with E-state index in [4.69, 9.17) is 4.74 Å². The van der Waals surface area contributed by atoms with E-state index < -0.39 is 0 Å². The van der Waals surface area contributed by atoms with Crippen molar-refractivity contribution < 1.29 is 4.74 Å². The molecule has 5 nitrogen and oxygen atoms in total. The van der Waals surface area contributed by atoms with Crippen molar-refractivity contribution in [1.82, 2.24) is 15.5 Å². The average Bonchev–Trinajstić information content (AvgIpc) is 3.04. The number of hydrogen-bond donors (Lipinski definition) is 2. The van der Waals surface area contributed by atoms with Crippen molar-refractivity contribution in [3.05, 3.63) is 34.9 Å². The summed E-state index contributed by atoms with van der Waals surface area (Å²) in [5.41, 5.74) is 3.92. The molecule has 0 amide bonds. The zero-order valence-corrected chi connectivity index (χ0v) is 17.9. The number of fused-ring (bicyclic) bond motifs is 1. The molecule has 2 N–H and O–H groups in total. The van der Waals surface area contributed by atoms with E-state index >= 15 is 0 Å². The second-order valence-electron chi connectivity index (χ2n) is 6.98. The van der Waals surface area contributed by atoms with Crippen LogP contribution in [0.2, 0.25) is 0 Å². The van der Waals surface area contributed by atoms with Crippen LogP contribution in [0, 0.1) is 13.8 Å². The van der Waals surface area contributed by atoms with Gasteiger partial charge in [0.05, 0.1) is 12.7 Å². The number of hydrogen-bond acceptors (Lipinski definition) is 3. The molecule has 0 saturated carbocycles. The molecule has 25 heavy (non-hydrogen) atoms. The van der Waals surface area contributed by atoms with Crippen LogP contribution in [0.5, 0.6) is 0 Å². The third-order valence-corrected chi connectivity index (χ3v) is 5.13. The maximum atomic E-state index is 5.99. The molecule has 2 atom stereocenters. The zero-order valence-electron chi connectivity index (χ0n) is 15.5. The monoisotopic (exact) mass is 458 g/mol. The Morgan fingerprint density at radius 3 is 2.92 bits per heavy atom. The summed E-state index contributed by atoms with van der Waals surface area (Å²) >= 11 is 0. The molecule has 2 aliphatic heterocycles. The van der Waals surface area contributed by atoms with E-state index in [0.717, 1.165) is 32.2 Å². The van der Waals surface area contributed by atoms with Crippen molar-refractivity contribution in [2.24, 2.45) is 4.99 Å². The molecule has 0 aliphatic carbocycles. The lowest BCUT2D eigenvalue weighted by molar-refractivity contribution is -0.0453. The summed E-state index contributed by atoms with van der Waals surface area (Å²) in [6.07, 6.45) is 2.85. The van der Waals surface area contributed by atoms with Crippen LogP contribution in [0.15, 0.2) is 23.2 Å². The SMILES string of the molecule is CN=C(NCc1ccc(C)cc1C)NCC1CN2CCCC2CO1.I. The van der Waals surface area contributed by atoms with Gasteiger partial charge in [-0.25, -0.2) is 0 Å². The first-order valence-electron chi connectivity index (χ1n) is 9.02. The van der Waals surface area contributed by atoms with Gasteiger partial charge in [0.1, 0.15) is 0 Å². The fourth-order valence-corrected chi connectivity index (χ4v) is 3.66. The van der Waals surface area contributed by atoms with Crippen LogP contribution in [0.25, 0.3) is 0 Å². The molecule has 3 rings (SSSR count). The van der Waals surface area contributed by atoms with Gasteiger partial charge in [0.2, 0.25) is 0 Å². The first-order valence-corrected chi connectivity index (χ1v) is 9.02. The van der Waals surface area contributed by atoms with Gasteiger partial charge in [-0.15, -0.1) is 24.0 Å². The van der Waals surface area contributed by atoms with E-state index in [2.05, 4.69) is 52.6 Å². The van der Waals surface area contributed by atoms with Crippen LogP contribution in [0.3, 0.4) is 0 Å². The number of morpholine rings is 1. The van der Waals surface area contributed by atoms with E-state index in [0.29, 0.717) is 6.04 Å². The highest BCUT2D eigenvalue weighted by Gasteiger charge is 2.32. The maximum absolute atomic E-state index is 5.99. The third-order valence-electron chi connectivity index (χ3n) is 5.13.